The van der Waals surface area contributed by atoms with E-state index >= 15 is 0 Å². The lowest BCUT2D eigenvalue weighted by Crippen LogP contribution is -2.31. The number of pyridine rings is 1. The van der Waals surface area contributed by atoms with Crippen molar-refractivity contribution in [3.8, 4) is 0 Å². The van der Waals surface area contributed by atoms with Crippen LogP contribution in [0.15, 0.2) is 54.9 Å². The molecule has 5 heteroatoms. The summed E-state index contributed by atoms with van der Waals surface area (Å²) in [5, 5.41) is 0. The number of aromatic nitrogens is 1. The Morgan fingerprint density at radius 2 is 1.67 bits per heavy atom. The zero-order chi connectivity index (χ0) is 15.1. The largest absolute Gasteiger partial charge is 0.265 e. The molecule has 21 heavy (non-hydrogen) atoms. The molecule has 0 aliphatic heterocycles. The van der Waals surface area contributed by atoms with Crippen LogP contribution >= 0.6 is 0 Å². The highest BCUT2D eigenvalue weighted by atomic mass is 32.2. The summed E-state index contributed by atoms with van der Waals surface area (Å²) >= 11 is 0. The summed E-state index contributed by atoms with van der Waals surface area (Å²) in [7, 11) is -3.31. The van der Waals surface area contributed by atoms with Gasteiger partial charge in [-0.1, -0.05) is 43.7 Å². The summed E-state index contributed by atoms with van der Waals surface area (Å²) in [6.07, 6.45) is 4.86. The lowest BCUT2D eigenvalue weighted by molar-refractivity contribution is 0.569. The highest BCUT2D eigenvalue weighted by Crippen LogP contribution is 2.22. The van der Waals surface area contributed by atoms with Gasteiger partial charge >= 0.3 is 0 Å². The van der Waals surface area contributed by atoms with Crippen LogP contribution in [0.1, 0.15) is 36.9 Å². The van der Waals surface area contributed by atoms with Gasteiger partial charge in [0.05, 0.1) is 11.8 Å². The average Bonchev–Trinajstić information content (AvgIpc) is 2.52. The zero-order valence-electron chi connectivity index (χ0n) is 12.1. The quantitative estimate of drug-likeness (QED) is 0.855. The minimum Gasteiger partial charge on any atom is -0.265 e. The van der Waals surface area contributed by atoms with Crippen molar-refractivity contribution in [3.05, 3.63) is 66.0 Å². The third-order valence-electron chi connectivity index (χ3n) is 3.24. The minimum absolute atomic E-state index is 0.151. The molecule has 0 bridgehead atoms. The van der Waals surface area contributed by atoms with Gasteiger partial charge < -0.3 is 0 Å². The van der Waals surface area contributed by atoms with Crippen LogP contribution in [-0.2, 0) is 10.0 Å². The van der Waals surface area contributed by atoms with Gasteiger partial charge in [-0.15, -0.1) is 0 Å². The second-order valence-corrected chi connectivity index (χ2v) is 6.79. The van der Waals surface area contributed by atoms with Crippen molar-refractivity contribution in [1.29, 1.82) is 0 Å². The molecule has 112 valence electrons. The Kier molecular flexibility index (Phi) is 5.47. The van der Waals surface area contributed by atoms with E-state index in [4.69, 9.17) is 0 Å². The predicted molar refractivity (Wildman–Crippen MR) is 84.4 cm³/mol. The molecule has 2 rings (SSSR count). The van der Waals surface area contributed by atoms with Crippen molar-refractivity contribution < 1.29 is 8.42 Å². The lowest BCUT2D eigenvalue weighted by atomic mass is 10.0. The van der Waals surface area contributed by atoms with E-state index in [1.165, 1.54) is 0 Å². The smallest absolute Gasteiger partial charge is 0.212 e. The van der Waals surface area contributed by atoms with E-state index in [0.29, 0.717) is 6.42 Å². The Labute approximate surface area is 126 Å². The molecule has 0 aliphatic carbocycles. The van der Waals surface area contributed by atoms with Crippen molar-refractivity contribution >= 4 is 10.0 Å². The summed E-state index contributed by atoms with van der Waals surface area (Å²) in [6, 6.07) is 12.9. The monoisotopic (exact) mass is 304 g/mol. The molecule has 1 atom stereocenters. The maximum absolute atomic E-state index is 12.2. The number of sulfonamides is 1. The van der Waals surface area contributed by atoms with Crippen LogP contribution in [0, 0.1) is 0 Å². The first-order valence-corrected chi connectivity index (χ1v) is 8.72. The van der Waals surface area contributed by atoms with Gasteiger partial charge in [0.25, 0.3) is 0 Å². The molecular weight excluding hydrogens is 284 g/mol. The number of hydrogen-bond acceptors (Lipinski definition) is 3. The highest BCUT2D eigenvalue weighted by Gasteiger charge is 2.20. The molecule has 0 spiro atoms. The second kappa shape index (κ2) is 7.33. The first-order chi connectivity index (χ1) is 10.1. The summed E-state index contributed by atoms with van der Waals surface area (Å²) < 4.78 is 27.2. The van der Waals surface area contributed by atoms with Crippen LogP contribution in [0.5, 0.6) is 0 Å². The molecule has 1 aromatic carbocycles. The molecule has 1 N–H and O–H groups in total. The fraction of sp³-hybridized carbons (Fsp3) is 0.312. The van der Waals surface area contributed by atoms with Gasteiger partial charge in [-0.05, 0) is 29.7 Å². The van der Waals surface area contributed by atoms with Crippen LogP contribution in [0.2, 0.25) is 0 Å². The molecule has 1 heterocycles. The van der Waals surface area contributed by atoms with Crippen LogP contribution in [0.4, 0.5) is 0 Å². The van der Waals surface area contributed by atoms with E-state index in [-0.39, 0.29) is 11.8 Å². The number of rotatable bonds is 7. The van der Waals surface area contributed by atoms with Gasteiger partial charge in [0, 0.05) is 12.4 Å². The van der Waals surface area contributed by atoms with Gasteiger partial charge in [-0.3, -0.25) is 4.98 Å². The van der Waals surface area contributed by atoms with Crippen molar-refractivity contribution in [2.45, 2.75) is 25.8 Å². The minimum atomic E-state index is -3.31. The number of nitrogens with one attached hydrogen (secondary N) is 1. The molecule has 0 fully saturated rings. The number of unbranched alkanes of at least 4 members (excludes halogenated alkanes) is 1. The van der Waals surface area contributed by atoms with Crippen LogP contribution in [-0.4, -0.2) is 19.2 Å². The summed E-state index contributed by atoms with van der Waals surface area (Å²) in [5.74, 6) is 0.151. The zero-order valence-corrected chi connectivity index (χ0v) is 12.9. The standard InChI is InChI=1S/C16H20N2O2S/c1-2-3-13-21(19,20)18-16(14-7-5-4-6-8-14)15-9-11-17-12-10-15/h4-12,16,18H,2-3,13H2,1H3. The summed E-state index contributed by atoms with van der Waals surface area (Å²) in [4.78, 5) is 3.99. The third kappa shape index (κ3) is 4.65. The highest BCUT2D eigenvalue weighted by molar-refractivity contribution is 7.89. The SMILES string of the molecule is CCCCS(=O)(=O)NC(c1ccccc1)c1ccncc1. The normalized spacial score (nSPS) is 13.0. The average molecular weight is 304 g/mol. The fourth-order valence-electron chi connectivity index (χ4n) is 2.10. The molecule has 2 aromatic rings. The van der Waals surface area contributed by atoms with E-state index < -0.39 is 10.0 Å². The first-order valence-electron chi connectivity index (χ1n) is 7.07. The molecule has 0 aliphatic rings. The Hall–Kier alpha value is -1.72. The molecule has 0 radical (unpaired) electrons. The number of hydrogen-bond donors (Lipinski definition) is 1. The van der Waals surface area contributed by atoms with Crippen molar-refractivity contribution in [1.82, 2.24) is 9.71 Å². The third-order valence-corrected chi connectivity index (χ3v) is 4.66. The van der Waals surface area contributed by atoms with E-state index in [0.717, 1.165) is 17.5 Å². The maximum Gasteiger partial charge on any atom is 0.212 e. The molecule has 4 nitrogen and oxygen atoms in total. The second-order valence-electron chi connectivity index (χ2n) is 4.91. The molecule has 1 unspecified atom stereocenters. The Balaban J connectivity index is 2.30. The van der Waals surface area contributed by atoms with Crippen LogP contribution < -0.4 is 4.72 Å². The fourth-order valence-corrected chi connectivity index (χ4v) is 3.52. The summed E-state index contributed by atoms with van der Waals surface area (Å²) in [5.41, 5.74) is 1.81. The number of benzene rings is 1. The molecule has 1 aromatic heterocycles. The molecular formula is C16H20N2O2S. The van der Waals surface area contributed by atoms with Crippen LogP contribution in [0.3, 0.4) is 0 Å². The molecule has 0 saturated heterocycles. The summed E-state index contributed by atoms with van der Waals surface area (Å²) in [6.45, 7) is 1.98. The topological polar surface area (TPSA) is 59.1 Å². The van der Waals surface area contributed by atoms with Crippen molar-refractivity contribution in [2.75, 3.05) is 5.75 Å². The van der Waals surface area contributed by atoms with E-state index in [1.54, 1.807) is 12.4 Å². The Morgan fingerprint density at radius 1 is 1.05 bits per heavy atom. The van der Waals surface area contributed by atoms with Gasteiger partial charge in [-0.2, -0.15) is 0 Å². The van der Waals surface area contributed by atoms with Gasteiger partial charge in [0.15, 0.2) is 0 Å². The predicted octanol–water partition coefficient (Wildman–Crippen LogP) is 2.89. The van der Waals surface area contributed by atoms with E-state index in [2.05, 4.69) is 9.71 Å². The first kappa shape index (κ1) is 15.7. The van der Waals surface area contributed by atoms with E-state index in [9.17, 15) is 8.42 Å². The maximum atomic E-state index is 12.2. The Bertz CT molecular complexity index is 603. The molecule has 0 amide bonds. The van der Waals surface area contributed by atoms with E-state index in [1.807, 2.05) is 49.4 Å². The Morgan fingerprint density at radius 3 is 2.29 bits per heavy atom. The van der Waals surface area contributed by atoms with Gasteiger partial charge in [-0.25, -0.2) is 13.1 Å². The lowest BCUT2D eigenvalue weighted by Gasteiger charge is -2.19. The molecule has 0 saturated carbocycles. The van der Waals surface area contributed by atoms with Crippen molar-refractivity contribution in [2.24, 2.45) is 0 Å². The van der Waals surface area contributed by atoms with Gasteiger partial charge in [0.1, 0.15) is 0 Å². The number of nitrogens with zero attached hydrogens (tertiary/aromatic N) is 1. The van der Waals surface area contributed by atoms with Crippen LogP contribution in [0.25, 0.3) is 0 Å². The van der Waals surface area contributed by atoms with Crippen molar-refractivity contribution in [3.63, 3.8) is 0 Å². The van der Waals surface area contributed by atoms with Gasteiger partial charge in [0.2, 0.25) is 10.0 Å².